The molecule has 1 atom stereocenters. The second-order valence-corrected chi connectivity index (χ2v) is 5.23. The molecule has 0 saturated heterocycles. The van der Waals surface area contributed by atoms with E-state index in [-0.39, 0.29) is 11.9 Å². The first kappa shape index (κ1) is 12.4. The quantitative estimate of drug-likeness (QED) is 0.896. The molecule has 2 rings (SSSR count). The van der Waals surface area contributed by atoms with Crippen molar-refractivity contribution in [2.24, 2.45) is 0 Å². The molecule has 0 aliphatic heterocycles. The average Bonchev–Trinajstić information content (AvgIpc) is 3.08. The van der Waals surface area contributed by atoms with Gasteiger partial charge in [-0.1, -0.05) is 0 Å². The lowest BCUT2D eigenvalue weighted by atomic mass is 10.2. The van der Waals surface area contributed by atoms with Gasteiger partial charge in [-0.15, -0.1) is 0 Å². The van der Waals surface area contributed by atoms with E-state index in [1.807, 2.05) is 19.9 Å². The summed E-state index contributed by atoms with van der Waals surface area (Å²) in [5, 5.41) is 6.08. The number of pyridine rings is 1. The Morgan fingerprint density at radius 3 is 2.94 bits per heavy atom. The van der Waals surface area contributed by atoms with Gasteiger partial charge in [0.15, 0.2) is 0 Å². The van der Waals surface area contributed by atoms with Crippen LogP contribution in [0.25, 0.3) is 0 Å². The van der Waals surface area contributed by atoms with Crippen molar-refractivity contribution in [3.63, 3.8) is 0 Å². The predicted octanol–water partition coefficient (Wildman–Crippen LogP) is 2.23. The lowest BCUT2D eigenvalue weighted by molar-refractivity contribution is -0.121. The second kappa shape index (κ2) is 5.04. The van der Waals surface area contributed by atoms with Crippen LogP contribution in [0.5, 0.6) is 0 Å². The molecular weight excluding hydrogens is 282 g/mol. The fourth-order valence-corrected chi connectivity index (χ4v) is 1.81. The molecule has 0 bridgehead atoms. The number of hydrogen-bond donors (Lipinski definition) is 2. The smallest absolute Gasteiger partial charge is 0.242 e. The molecule has 1 saturated carbocycles. The van der Waals surface area contributed by atoms with Gasteiger partial charge in [-0.2, -0.15) is 0 Å². The maximum absolute atomic E-state index is 11.8. The molecule has 1 aromatic rings. The Labute approximate surface area is 109 Å². The van der Waals surface area contributed by atoms with Gasteiger partial charge in [-0.05, 0) is 54.2 Å². The van der Waals surface area contributed by atoms with Gasteiger partial charge < -0.3 is 10.6 Å². The highest BCUT2D eigenvalue weighted by Crippen LogP contribution is 2.24. The zero-order valence-corrected chi connectivity index (χ0v) is 11.5. The molecule has 4 nitrogen and oxygen atoms in total. The first-order valence-electron chi connectivity index (χ1n) is 5.76. The predicted molar refractivity (Wildman–Crippen MR) is 70.9 cm³/mol. The maximum Gasteiger partial charge on any atom is 0.242 e. The highest BCUT2D eigenvalue weighted by molar-refractivity contribution is 9.10. The van der Waals surface area contributed by atoms with Crippen molar-refractivity contribution in [1.29, 1.82) is 0 Å². The molecule has 1 aromatic heterocycles. The molecule has 1 unspecified atom stereocenters. The number of rotatable bonds is 4. The highest BCUT2D eigenvalue weighted by Gasteiger charge is 2.25. The number of halogens is 1. The fraction of sp³-hybridized carbons (Fsp3) is 0.500. The Balaban J connectivity index is 1.99. The summed E-state index contributed by atoms with van der Waals surface area (Å²) in [4.78, 5) is 16.0. The number of carbonyl (C=O) groups is 1. The molecule has 1 heterocycles. The van der Waals surface area contributed by atoms with Crippen LogP contribution in [0.3, 0.4) is 0 Å². The van der Waals surface area contributed by atoms with Gasteiger partial charge in [0.25, 0.3) is 0 Å². The number of aryl methyl sites for hydroxylation is 1. The second-order valence-electron chi connectivity index (χ2n) is 4.44. The van der Waals surface area contributed by atoms with Gasteiger partial charge in [0.2, 0.25) is 5.91 Å². The van der Waals surface area contributed by atoms with Gasteiger partial charge in [0, 0.05) is 12.2 Å². The van der Waals surface area contributed by atoms with E-state index < -0.39 is 0 Å². The third kappa shape index (κ3) is 3.19. The maximum atomic E-state index is 11.8. The van der Waals surface area contributed by atoms with Crippen LogP contribution < -0.4 is 10.6 Å². The van der Waals surface area contributed by atoms with Crippen LogP contribution in [-0.2, 0) is 4.79 Å². The van der Waals surface area contributed by atoms with E-state index in [4.69, 9.17) is 0 Å². The van der Waals surface area contributed by atoms with E-state index >= 15 is 0 Å². The molecule has 1 fully saturated rings. The number of carbonyl (C=O) groups excluding carboxylic acids is 1. The van der Waals surface area contributed by atoms with Crippen molar-refractivity contribution in [1.82, 2.24) is 10.3 Å². The van der Waals surface area contributed by atoms with Gasteiger partial charge in [0.1, 0.15) is 11.9 Å². The van der Waals surface area contributed by atoms with Crippen LogP contribution in [0.4, 0.5) is 5.82 Å². The number of amides is 1. The molecule has 92 valence electrons. The molecule has 2 N–H and O–H groups in total. The monoisotopic (exact) mass is 297 g/mol. The van der Waals surface area contributed by atoms with E-state index in [9.17, 15) is 4.79 Å². The van der Waals surface area contributed by atoms with Crippen LogP contribution >= 0.6 is 15.9 Å². The summed E-state index contributed by atoms with van der Waals surface area (Å²) < 4.78 is 0.908. The summed E-state index contributed by atoms with van der Waals surface area (Å²) in [6.45, 7) is 3.83. The van der Waals surface area contributed by atoms with Crippen LogP contribution in [0.2, 0.25) is 0 Å². The van der Waals surface area contributed by atoms with Crippen LogP contribution in [0.1, 0.15) is 25.3 Å². The molecule has 5 heteroatoms. The molecule has 0 radical (unpaired) electrons. The molecular formula is C12H16BrN3O. The Morgan fingerprint density at radius 1 is 1.59 bits per heavy atom. The molecule has 1 aliphatic carbocycles. The van der Waals surface area contributed by atoms with Crippen molar-refractivity contribution in [3.8, 4) is 0 Å². The van der Waals surface area contributed by atoms with Crippen molar-refractivity contribution in [3.05, 3.63) is 22.3 Å². The number of hydrogen-bond acceptors (Lipinski definition) is 3. The van der Waals surface area contributed by atoms with Crippen molar-refractivity contribution in [2.45, 2.75) is 38.8 Å². The highest BCUT2D eigenvalue weighted by atomic mass is 79.9. The minimum absolute atomic E-state index is 0.0303. The third-order valence-corrected chi connectivity index (χ3v) is 3.75. The van der Waals surface area contributed by atoms with E-state index in [1.165, 1.54) is 0 Å². The third-order valence-electron chi connectivity index (χ3n) is 2.75. The zero-order chi connectivity index (χ0) is 12.4. The summed E-state index contributed by atoms with van der Waals surface area (Å²) in [5.41, 5.74) is 1.09. The van der Waals surface area contributed by atoms with Gasteiger partial charge >= 0.3 is 0 Å². The molecule has 17 heavy (non-hydrogen) atoms. The number of nitrogens with zero attached hydrogens (tertiary/aromatic N) is 1. The summed E-state index contributed by atoms with van der Waals surface area (Å²) in [5.74, 6) is 0.742. The Hall–Kier alpha value is -1.10. The number of aromatic nitrogens is 1. The zero-order valence-electron chi connectivity index (χ0n) is 9.96. The topological polar surface area (TPSA) is 54.0 Å². The normalized spacial score (nSPS) is 16.4. The lowest BCUT2D eigenvalue weighted by Gasteiger charge is -2.15. The van der Waals surface area contributed by atoms with Gasteiger partial charge in [-0.25, -0.2) is 4.98 Å². The minimum Gasteiger partial charge on any atom is -0.358 e. The standard InChI is InChI=1S/C12H16BrN3O/c1-7-5-6-14-11(10(7)13)15-8(2)12(17)16-9-3-4-9/h5-6,8-9H,3-4H2,1-2H3,(H,14,15)(H,16,17). The molecule has 0 spiro atoms. The number of anilines is 1. The van der Waals surface area contributed by atoms with Crippen LogP contribution in [-0.4, -0.2) is 23.0 Å². The van der Waals surface area contributed by atoms with Crippen molar-refractivity contribution in [2.75, 3.05) is 5.32 Å². The minimum atomic E-state index is -0.277. The summed E-state index contributed by atoms with van der Waals surface area (Å²) in [6, 6.07) is 2.03. The lowest BCUT2D eigenvalue weighted by Crippen LogP contribution is -2.38. The van der Waals surface area contributed by atoms with Gasteiger partial charge in [-0.3, -0.25) is 4.79 Å². The van der Waals surface area contributed by atoms with E-state index in [0.29, 0.717) is 11.9 Å². The first-order valence-corrected chi connectivity index (χ1v) is 6.55. The molecule has 0 aromatic carbocycles. The van der Waals surface area contributed by atoms with Crippen LogP contribution in [0, 0.1) is 6.92 Å². The fourth-order valence-electron chi connectivity index (χ4n) is 1.47. The Morgan fingerprint density at radius 2 is 2.29 bits per heavy atom. The van der Waals surface area contributed by atoms with E-state index in [0.717, 1.165) is 22.9 Å². The summed E-state index contributed by atoms with van der Waals surface area (Å²) in [7, 11) is 0. The van der Waals surface area contributed by atoms with E-state index in [2.05, 4.69) is 31.5 Å². The molecule has 1 amide bonds. The summed E-state index contributed by atoms with van der Waals surface area (Å²) >= 11 is 3.46. The van der Waals surface area contributed by atoms with Crippen LogP contribution in [0.15, 0.2) is 16.7 Å². The average molecular weight is 298 g/mol. The Bertz CT molecular complexity index is 432. The van der Waals surface area contributed by atoms with Crippen molar-refractivity contribution < 1.29 is 4.79 Å². The SMILES string of the molecule is Cc1ccnc(NC(C)C(=O)NC2CC2)c1Br. The number of nitrogens with one attached hydrogen (secondary N) is 2. The van der Waals surface area contributed by atoms with E-state index in [1.54, 1.807) is 6.20 Å². The first-order chi connectivity index (χ1) is 8.08. The van der Waals surface area contributed by atoms with Crippen molar-refractivity contribution >= 4 is 27.7 Å². The summed E-state index contributed by atoms with van der Waals surface area (Å²) in [6.07, 6.45) is 3.93. The largest absolute Gasteiger partial charge is 0.358 e. The van der Waals surface area contributed by atoms with Gasteiger partial charge in [0.05, 0.1) is 4.47 Å². The molecule has 1 aliphatic rings. The Kier molecular flexibility index (Phi) is 3.66.